The maximum atomic E-state index is 13.1. The molecule has 0 saturated heterocycles. The first-order chi connectivity index (χ1) is 49.2. The Morgan fingerprint density at radius 2 is 0.441 bits per heavy atom. The number of unbranched alkanes of at least 4 members (excludes halogenated alkanes) is 42. The molecule has 606 valence electrons. The highest BCUT2D eigenvalue weighted by Gasteiger charge is 2.30. The van der Waals surface area contributed by atoms with E-state index in [9.17, 15) is 43.2 Å². The molecule has 0 aromatic carbocycles. The molecular weight excluding hydrogens is 1330 g/mol. The highest BCUT2D eigenvalue weighted by Crippen LogP contribution is 2.45. The van der Waals surface area contributed by atoms with E-state index in [2.05, 4.69) is 55.4 Å². The van der Waals surface area contributed by atoms with E-state index in [4.69, 9.17) is 37.0 Å². The smallest absolute Gasteiger partial charge is 0.462 e. The Morgan fingerprint density at radius 1 is 0.265 bits per heavy atom. The monoisotopic (exact) mass is 1490 g/mol. The topological polar surface area (TPSA) is 237 Å². The second kappa shape index (κ2) is 72.0. The third kappa shape index (κ3) is 71.0. The average Bonchev–Trinajstić information content (AvgIpc) is 0.912. The molecule has 0 rings (SSSR count). The van der Waals surface area contributed by atoms with E-state index < -0.39 is 97.5 Å². The van der Waals surface area contributed by atoms with Gasteiger partial charge in [-0.25, -0.2) is 9.13 Å². The molecule has 9 atom stereocenters. The molecule has 0 aromatic heterocycles. The SMILES string of the molecule is CCC(C)CCCCCCCCCCCCCCCCCCCCC(=O)OC[C@H](COP(=O)(O)OC[C@@H](O)COP(=O)(O)OC[C@@H](COC(=O)CCCCCCCCC(C)CC)OC(=O)CCCCCCCCCCC(C)CC)OC(=O)CCCCCCCCCCCCCCCCC(C)CC. The summed E-state index contributed by atoms with van der Waals surface area (Å²) < 4.78 is 68.7. The zero-order chi connectivity index (χ0) is 75.3. The third-order valence-corrected chi connectivity index (χ3v) is 22.7. The fourth-order valence-corrected chi connectivity index (χ4v) is 14.2. The summed E-state index contributed by atoms with van der Waals surface area (Å²) in [6.07, 6.45) is 59.7. The van der Waals surface area contributed by atoms with Gasteiger partial charge >= 0.3 is 39.5 Å². The lowest BCUT2D eigenvalue weighted by molar-refractivity contribution is -0.161. The van der Waals surface area contributed by atoms with Crippen molar-refractivity contribution in [1.82, 2.24) is 0 Å². The van der Waals surface area contributed by atoms with E-state index in [1.165, 1.54) is 225 Å². The molecular formula is C83H162O17P2. The number of ether oxygens (including phenoxy) is 4. The first kappa shape index (κ1) is 100. The van der Waals surface area contributed by atoms with Crippen molar-refractivity contribution in [3.63, 3.8) is 0 Å². The van der Waals surface area contributed by atoms with Gasteiger partial charge in [-0.15, -0.1) is 0 Å². The van der Waals surface area contributed by atoms with Gasteiger partial charge in [-0.3, -0.25) is 37.3 Å². The number of hydrogen-bond donors (Lipinski definition) is 3. The minimum Gasteiger partial charge on any atom is -0.462 e. The van der Waals surface area contributed by atoms with Gasteiger partial charge in [0.2, 0.25) is 0 Å². The Labute approximate surface area is 626 Å². The van der Waals surface area contributed by atoms with Crippen molar-refractivity contribution < 1.29 is 80.2 Å². The Kier molecular flexibility index (Phi) is 70.6. The molecule has 0 spiro atoms. The molecule has 0 radical (unpaired) electrons. The summed E-state index contributed by atoms with van der Waals surface area (Å²) >= 11 is 0. The Hall–Kier alpha value is -1.94. The maximum Gasteiger partial charge on any atom is 0.472 e. The van der Waals surface area contributed by atoms with Crippen molar-refractivity contribution in [3.05, 3.63) is 0 Å². The normalized spacial score (nSPS) is 15.0. The number of phosphoric ester groups is 2. The standard InChI is InChI=1S/C83H162O17P2/c1-9-73(5)59-51-43-35-29-25-21-17-15-13-14-16-18-23-27-31-38-47-55-63-80(85)93-69-78(99-82(87)65-57-49-39-32-28-24-20-19-22-26-30-36-44-52-60-74(6)10-2)71-97-101(89,90)95-67-77(84)68-96-102(91,92)98-72-79(70-94-81(86)64-56-48-42-41-46-54-62-76(8)12-4)100-83(88)66-58-50-40-34-33-37-45-53-61-75(7)11-3/h73-79,84H,9-72H2,1-8H3,(H,89,90)(H,91,92)/t73?,74?,75?,76?,77-,78-,79-/m1/s1. The molecule has 0 fully saturated rings. The van der Waals surface area contributed by atoms with Crippen LogP contribution in [0.1, 0.15) is 428 Å². The maximum absolute atomic E-state index is 13.1. The van der Waals surface area contributed by atoms with Crippen LogP contribution >= 0.6 is 15.6 Å². The number of carbonyl (C=O) groups is 4. The van der Waals surface area contributed by atoms with Crippen LogP contribution in [0.4, 0.5) is 0 Å². The summed E-state index contributed by atoms with van der Waals surface area (Å²) in [5.74, 6) is 1.10. The summed E-state index contributed by atoms with van der Waals surface area (Å²) in [5, 5.41) is 10.6. The Morgan fingerprint density at radius 3 is 0.647 bits per heavy atom. The minimum atomic E-state index is -4.96. The van der Waals surface area contributed by atoms with Crippen molar-refractivity contribution in [2.75, 3.05) is 39.6 Å². The van der Waals surface area contributed by atoms with E-state index in [-0.39, 0.29) is 25.7 Å². The Balaban J connectivity index is 5.21. The van der Waals surface area contributed by atoms with Crippen LogP contribution in [-0.4, -0.2) is 96.7 Å². The van der Waals surface area contributed by atoms with Crippen molar-refractivity contribution in [3.8, 4) is 0 Å². The van der Waals surface area contributed by atoms with Crippen molar-refractivity contribution in [2.24, 2.45) is 23.7 Å². The molecule has 0 aliphatic carbocycles. The molecule has 3 N–H and O–H groups in total. The highest BCUT2D eigenvalue weighted by molar-refractivity contribution is 7.47. The van der Waals surface area contributed by atoms with E-state index in [1.807, 2.05) is 0 Å². The predicted molar refractivity (Wildman–Crippen MR) is 418 cm³/mol. The third-order valence-electron chi connectivity index (χ3n) is 20.8. The number of hydrogen-bond acceptors (Lipinski definition) is 15. The van der Waals surface area contributed by atoms with Crippen LogP contribution in [0.25, 0.3) is 0 Å². The number of aliphatic hydroxyl groups excluding tert-OH is 1. The lowest BCUT2D eigenvalue weighted by Crippen LogP contribution is -2.30. The van der Waals surface area contributed by atoms with Gasteiger partial charge in [0.15, 0.2) is 12.2 Å². The van der Waals surface area contributed by atoms with Crippen molar-refractivity contribution >= 4 is 39.5 Å². The number of phosphoric acid groups is 2. The molecule has 0 heterocycles. The molecule has 102 heavy (non-hydrogen) atoms. The molecule has 0 bridgehead atoms. The summed E-state index contributed by atoms with van der Waals surface area (Å²) in [5.41, 5.74) is 0. The quantitative estimate of drug-likeness (QED) is 0.0222. The fourth-order valence-electron chi connectivity index (χ4n) is 12.7. The number of rotatable bonds is 80. The van der Waals surface area contributed by atoms with E-state index in [0.717, 1.165) is 120 Å². The summed E-state index contributed by atoms with van der Waals surface area (Å²) in [7, 11) is -9.92. The predicted octanol–water partition coefficient (Wildman–Crippen LogP) is 24.8. The van der Waals surface area contributed by atoms with Gasteiger partial charge < -0.3 is 33.8 Å². The second-order valence-corrected chi connectivity index (χ2v) is 33.7. The average molecular weight is 1490 g/mol. The first-order valence-corrected chi connectivity index (χ1v) is 45.8. The summed E-state index contributed by atoms with van der Waals surface area (Å²) in [6, 6.07) is 0. The fraction of sp³-hybridized carbons (Fsp3) is 0.952. The van der Waals surface area contributed by atoms with Gasteiger partial charge in [0.1, 0.15) is 19.3 Å². The van der Waals surface area contributed by atoms with Gasteiger partial charge in [-0.05, 0) is 49.4 Å². The van der Waals surface area contributed by atoms with E-state index in [0.29, 0.717) is 25.7 Å². The van der Waals surface area contributed by atoms with Crippen LogP contribution in [0.2, 0.25) is 0 Å². The summed E-state index contributed by atoms with van der Waals surface area (Å²) in [6.45, 7) is 14.3. The van der Waals surface area contributed by atoms with Crippen LogP contribution < -0.4 is 0 Å². The Bertz CT molecular complexity index is 2000. The van der Waals surface area contributed by atoms with Gasteiger partial charge in [0.05, 0.1) is 26.4 Å². The molecule has 6 unspecified atom stereocenters. The van der Waals surface area contributed by atoms with E-state index in [1.54, 1.807) is 0 Å². The molecule has 0 saturated carbocycles. The molecule has 0 aliphatic heterocycles. The van der Waals surface area contributed by atoms with Crippen LogP contribution in [0.3, 0.4) is 0 Å². The van der Waals surface area contributed by atoms with E-state index >= 15 is 0 Å². The largest absolute Gasteiger partial charge is 0.472 e. The lowest BCUT2D eigenvalue weighted by atomic mass is 9.99. The van der Waals surface area contributed by atoms with Crippen LogP contribution in [0.5, 0.6) is 0 Å². The molecule has 0 aromatic rings. The van der Waals surface area contributed by atoms with Gasteiger partial charge in [0.25, 0.3) is 0 Å². The van der Waals surface area contributed by atoms with Gasteiger partial charge in [0, 0.05) is 25.7 Å². The molecule has 19 heteroatoms. The zero-order valence-corrected chi connectivity index (χ0v) is 69.0. The number of carbonyl (C=O) groups excluding carboxylic acids is 4. The molecule has 17 nitrogen and oxygen atoms in total. The molecule has 0 aliphatic rings. The van der Waals surface area contributed by atoms with Crippen molar-refractivity contribution in [2.45, 2.75) is 446 Å². The van der Waals surface area contributed by atoms with Gasteiger partial charge in [-0.1, -0.05) is 376 Å². The van der Waals surface area contributed by atoms with Crippen LogP contribution in [0.15, 0.2) is 0 Å². The van der Waals surface area contributed by atoms with Crippen LogP contribution in [-0.2, 0) is 65.4 Å². The lowest BCUT2D eigenvalue weighted by Gasteiger charge is -2.21. The van der Waals surface area contributed by atoms with Crippen LogP contribution in [0, 0.1) is 23.7 Å². The number of aliphatic hydroxyl groups is 1. The molecule has 0 amide bonds. The van der Waals surface area contributed by atoms with Crippen molar-refractivity contribution in [1.29, 1.82) is 0 Å². The highest BCUT2D eigenvalue weighted by atomic mass is 31.2. The van der Waals surface area contributed by atoms with Gasteiger partial charge in [-0.2, -0.15) is 0 Å². The zero-order valence-electron chi connectivity index (χ0n) is 67.2. The first-order valence-electron chi connectivity index (χ1n) is 42.9. The second-order valence-electron chi connectivity index (χ2n) is 30.8. The minimum absolute atomic E-state index is 0.104. The number of esters is 4. The summed E-state index contributed by atoms with van der Waals surface area (Å²) in [4.78, 5) is 73.1.